The molecule has 2 unspecified atom stereocenters. The first-order valence-electron chi connectivity index (χ1n) is 6.34. The second-order valence-corrected chi connectivity index (χ2v) is 6.70. The van der Waals surface area contributed by atoms with Crippen LogP contribution in [-0.2, 0) is 0 Å². The Labute approximate surface area is 101 Å². The Balaban J connectivity index is 2.38. The van der Waals surface area contributed by atoms with Gasteiger partial charge in [0.05, 0.1) is 0 Å². The lowest BCUT2D eigenvalue weighted by Gasteiger charge is -2.50. The van der Waals surface area contributed by atoms with Crippen molar-refractivity contribution in [3.8, 4) is 0 Å². The highest BCUT2D eigenvalue weighted by Crippen LogP contribution is 2.41. The maximum absolute atomic E-state index is 4.49. The van der Waals surface area contributed by atoms with Gasteiger partial charge in [-0.2, -0.15) is 12.6 Å². The van der Waals surface area contributed by atoms with Gasteiger partial charge in [0.2, 0.25) is 0 Å². The van der Waals surface area contributed by atoms with Crippen molar-refractivity contribution in [1.82, 2.24) is 4.90 Å². The molecule has 0 aromatic carbocycles. The summed E-state index contributed by atoms with van der Waals surface area (Å²) in [6, 6.07) is 0. The zero-order valence-electron chi connectivity index (χ0n) is 10.8. The third kappa shape index (κ3) is 3.99. The third-order valence-corrected chi connectivity index (χ3v) is 3.73. The number of thiol groups is 1. The van der Waals surface area contributed by atoms with Crippen LogP contribution in [-0.4, -0.2) is 30.3 Å². The number of nitrogens with zero attached hydrogens (tertiary/aromatic N) is 1. The molecule has 0 saturated carbocycles. The third-order valence-electron chi connectivity index (χ3n) is 3.52. The van der Waals surface area contributed by atoms with E-state index in [9.17, 15) is 0 Å². The van der Waals surface area contributed by atoms with Gasteiger partial charge in [0, 0.05) is 13.1 Å². The highest BCUT2D eigenvalue weighted by Gasteiger charge is 2.40. The van der Waals surface area contributed by atoms with Gasteiger partial charge in [0.25, 0.3) is 0 Å². The standard InChI is InChI=1S/C13H27NS/c1-5-6-13(9-14(4)10-13)8-11(2)7-12(3)15/h11-12,15H,5-10H2,1-4H3. The molecule has 0 amide bonds. The molecule has 0 aromatic heterocycles. The average molecular weight is 229 g/mol. The number of hydrogen-bond donors (Lipinski definition) is 1. The Morgan fingerprint density at radius 3 is 2.33 bits per heavy atom. The molecule has 2 atom stereocenters. The van der Waals surface area contributed by atoms with Crippen molar-refractivity contribution in [3.05, 3.63) is 0 Å². The van der Waals surface area contributed by atoms with Crippen molar-refractivity contribution in [2.45, 2.75) is 51.7 Å². The molecule has 0 radical (unpaired) electrons. The molecule has 1 saturated heterocycles. The largest absolute Gasteiger partial charge is 0.305 e. The fourth-order valence-corrected chi connectivity index (χ4v) is 3.78. The van der Waals surface area contributed by atoms with Crippen LogP contribution in [0.15, 0.2) is 0 Å². The zero-order valence-corrected chi connectivity index (χ0v) is 11.7. The van der Waals surface area contributed by atoms with Crippen LogP contribution < -0.4 is 0 Å². The summed E-state index contributed by atoms with van der Waals surface area (Å²) in [7, 11) is 2.24. The van der Waals surface area contributed by atoms with Gasteiger partial charge in [-0.15, -0.1) is 0 Å². The molecule has 0 spiro atoms. The van der Waals surface area contributed by atoms with Gasteiger partial charge in [-0.05, 0) is 42.9 Å². The lowest BCUT2D eigenvalue weighted by Crippen LogP contribution is -2.54. The lowest BCUT2D eigenvalue weighted by molar-refractivity contribution is -0.00630. The SMILES string of the molecule is CCCC1(CC(C)CC(C)S)CN(C)C1. The normalized spacial score (nSPS) is 24.6. The minimum atomic E-state index is 0.552. The molecular formula is C13H27NS. The summed E-state index contributed by atoms with van der Waals surface area (Å²) in [4.78, 5) is 2.45. The van der Waals surface area contributed by atoms with Crippen molar-refractivity contribution in [3.63, 3.8) is 0 Å². The zero-order chi connectivity index (χ0) is 11.5. The van der Waals surface area contributed by atoms with Crippen molar-refractivity contribution >= 4 is 12.6 Å². The number of likely N-dealkylation sites (tertiary alicyclic amines) is 1. The Hall–Kier alpha value is 0.310. The van der Waals surface area contributed by atoms with Gasteiger partial charge < -0.3 is 4.90 Å². The second-order valence-electron chi connectivity index (χ2n) is 5.82. The summed E-state index contributed by atoms with van der Waals surface area (Å²) >= 11 is 4.49. The maximum atomic E-state index is 4.49. The van der Waals surface area contributed by atoms with Gasteiger partial charge in [-0.3, -0.25) is 0 Å². The van der Waals surface area contributed by atoms with E-state index in [0.717, 1.165) is 5.92 Å². The molecule has 2 heteroatoms. The summed E-state index contributed by atoms with van der Waals surface area (Å²) in [5.41, 5.74) is 0.644. The molecule has 1 aliphatic rings. The fraction of sp³-hybridized carbons (Fsp3) is 1.00. The Morgan fingerprint density at radius 1 is 1.33 bits per heavy atom. The van der Waals surface area contributed by atoms with E-state index in [1.807, 2.05) is 0 Å². The first-order valence-corrected chi connectivity index (χ1v) is 6.86. The van der Waals surface area contributed by atoms with Crippen LogP contribution in [0.2, 0.25) is 0 Å². The van der Waals surface area contributed by atoms with E-state index in [1.165, 1.54) is 38.8 Å². The highest BCUT2D eigenvalue weighted by molar-refractivity contribution is 7.80. The van der Waals surface area contributed by atoms with Crippen molar-refractivity contribution in [2.24, 2.45) is 11.3 Å². The predicted octanol–water partition coefficient (Wildman–Crippen LogP) is 3.45. The van der Waals surface area contributed by atoms with Gasteiger partial charge in [0.15, 0.2) is 0 Å². The van der Waals surface area contributed by atoms with Gasteiger partial charge in [-0.25, -0.2) is 0 Å². The summed E-state index contributed by atoms with van der Waals surface area (Å²) in [5, 5.41) is 0.552. The van der Waals surface area contributed by atoms with Crippen LogP contribution in [0.25, 0.3) is 0 Å². The number of hydrogen-bond acceptors (Lipinski definition) is 2. The van der Waals surface area contributed by atoms with E-state index in [1.54, 1.807) is 0 Å². The molecule has 0 N–H and O–H groups in total. The summed E-state index contributed by atoms with van der Waals surface area (Å²) in [5.74, 6) is 0.831. The Morgan fingerprint density at radius 2 is 1.93 bits per heavy atom. The van der Waals surface area contributed by atoms with E-state index >= 15 is 0 Å². The van der Waals surface area contributed by atoms with Crippen molar-refractivity contribution in [1.29, 1.82) is 0 Å². The first-order chi connectivity index (χ1) is 6.97. The van der Waals surface area contributed by atoms with E-state index in [0.29, 0.717) is 10.7 Å². The second kappa shape index (κ2) is 5.58. The Bertz CT molecular complexity index is 179. The van der Waals surface area contributed by atoms with E-state index in [4.69, 9.17) is 0 Å². The molecule has 0 aliphatic carbocycles. The summed E-state index contributed by atoms with van der Waals surface area (Å²) < 4.78 is 0. The van der Waals surface area contributed by atoms with E-state index in [2.05, 4.69) is 45.3 Å². The smallest absolute Gasteiger partial charge is 0.00475 e. The van der Waals surface area contributed by atoms with E-state index in [-0.39, 0.29) is 0 Å². The van der Waals surface area contributed by atoms with Gasteiger partial charge in [0.1, 0.15) is 0 Å². The lowest BCUT2D eigenvalue weighted by atomic mass is 9.70. The summed E-state index contributed by atoms with van der Waals surface area (Å²) in [6.07, 6.45) is 5.40. The average Bonchev–Trinajstić information content (AvgIpc) is 1.99. The van der Waals surface area contributed by atoms with Crippen LogP contribution in [0.5, 0.6) is 0 Å². The molecule has 1 heterocycles. The molecule has 1 rings (SSSR count). The molecule has 90 valence electrons. The van der Waals surface area contributed by atoms with Gasteiger partial charge >= 0.3 is 0 Å². The fourth-order valence-electron chi connectivity index (χ4n) is 3.42. The summed E-state index contributed by atoms with van der Waals surface area (Å²) in [6.45, 7) is 9.53. The van der Waals surface area contributed by atoms with Crippen molar-refractivity contribution < 1.29 is 0 Å². The van der Waals surface area contributed by atoms with Crippen LogP contribution >= 0.6 is 12.6 Å². The van der Waals surface area contributed by atoms with E-state index < -0.39 is 0 Å². The number of rotatable bonds is 6. The predicted molar refractivity (Wildman–Crippen MR) is 71.7 cm³/mol. The molecule has 15 heavy (non-hydrogen) atoms. The first kappa shape index (κ1) is 13.4. The maximum Gasteiger partial charge on any atom is 0.00475 e. The molecule has 0 bridgehead atoms. The minimum Gasteiger partial charge on any atom is -0.305 e. The van der Waals surface area contributed by atoms with Crippen LogP contribution in [0.3, 0.4) is 0 Å². The Kier molecular flexibility index (Phi) is 4.98. The monoisotopic (exact) mass is 229 g/mol. The quantitative estimate of drug-likeness (QED) is 0.683. The van der Waals surface area contributed by atoms with Crippen molar-refractivity contribution in [2.75, 3.05) is 20.1 Å². The van der Waals surface area contributed by atoms with Crippen LogP contribution in [0, 0.1) is 11.3 Å². The topological polar surface area (TPSA) is 3.24 Å². The molecule has 1 fully saturated rings. The minimum absolute atomic E-state index is 0.552. The van der Waals surface area contributed by atoms with Crippen LogP contribution in [0.4, 0.5) is 0 Å². The molecule has 1 nitrogen and oxygen atoms in total. The van der Waals surface area contributed by atoms with Gasteiger partial charge in [-0.1, -0.05) is 27.2 Å². The molecule has 1 aliphatic heterocycles. The molecule has 0 aromatic rings. The highest BCUT2D eigenvalue weighted by atomic mass is 32.1. The molecular weight excluding hydrogens is 202 g/mol. The van der Waals surface area contributed by atoms with Crippen LogP contribution in [0.1, 0.15) is 46.5 Å².